The summed E-state index contributed by atoms with van der Waals surface area (Å²) in [6.07, 6.45) is 4.96. The van der Waals surface area contributed by atoms with Crippen LogP contribution in [0.2, 0.25) is 0 Å². The van der Waals surface area contributed by atoms with Gasteiger partial charge in [-0.1, -0.05) is 6.92 Å². The van der Waals surface area contributed by atoms with Gasteiger partial charge in [-0.05, 0) is 38.4 Å². The molecule has 0 amide bonds. The Bertz CT molecular complexity index is 616. The summed E-state index contributed by atoms with van der Waals surface area (Å²) in [5.74, 6) is 0.954. The van der Waals surface area contributed by atoms with E-state index in [1.807, 2.05) is 0 Å². The predicted molar refractivity (Wildman–Crippen MR) is 91.7 cm³/mol. The number of hydrogen-bond acceptors (Lipinski definition) is 6. The number of aromatic nitrogens is 2. The van der Waals surface area contributed by atoms with Gasteiger partial charge in [0.15, 0.2) is 0 Å². The SMILES string of the molecule is CCc1cc2c(NCC3(COC)CCNCC3)ncnc2s1. The third-order valence-corrected chi connectivity index (χ3v) is 5.66. The second-order valence-electron chi connectivity index (χ2n) is 6.04. The average Bonchev–Trinajstić information content (AvgIpc) is 2.98. The Labute approximate surface area is 135 Å². The quantitative estimate of drug-likeness (QED) is 0.857. The van der Waals surface area contributed by atoms with Crippen LogP contribution in [0.15, 0.2) is 12.4 Å². The summed E-state index contributed by atoms with van der Waals surface area (Å²) in [5.41, 5.74) is 0.195. The first kappa shape index (κ1) is 15.6. The van der Waals surface area contributed by atoms with E-state index in [1.54, 1.807) is 24.8 Å². The topological polar surface area (TPSA) is 59.1 Å². The largest absolute Gasteiger partial charge is 0.384 e. The Balaban J connectivity index is 1.78. The highest BCUT2D eigenvalue weighted by atomic mass is 32.1. The second kappa shape index (κ2) is 6.89. The number of methoxy groups -OCH3 is 1. The second-order valence-corrected chi connectivity index (χ2v) is 7.16. The number of aryl methyl sites for hydroxylation is 1. The number of fused-ring (bicyclic) bond motifs is 1. The number of thiophene rings is 1. The van der Waals surface area contributed by atoms with Crippen molar-refractivity contribution in [2.75, 3.05) is 38.7 Å². The van der Waals surface area contributed by atoms with Crippen LogP contribution in [0.5, 0.6) is 0 Å². The first-order valence-electron chi connectivity index (χ1n) is 7.93. The number of nitrogens with one attached hydrogen (secondary N) is 2. The predicted octanol–water partition coefficient (Wildman–Crippen LogP) is 2.68. The lowest BCUT2D eigenvalue weighted by molar-refractivity contribution is 0.0635. The van der Waals surface area contributed by atoms with Crippen LogP contribution >= 0.6 is 11.3 Å². The Morgan fingerprint density at radius 3 is 2.91 bits per heavy atom. The average molecular weight is 320 g/mol. The summed E-state index contributed by atoms with van der Waals surface area (Å²) in [6.45, 7) is 5.98. The summed E-state index contributed by atoms with van der Waals surface area (Å²) in [5, 5.41) is 8.14. The molecule has 0 spiro atoms. The smallest absolute Gasteiger partial charge is 0.138 e. The molecule has 2 N–H and O–H groups in total. The highest BCUT2D eigenvalue weighted by molar-refractivity contribution is 7.18. The van der Waals surface area contributed by atoms with Crippen molar-refractivity contribution in [1.29, 1.82) is 0 Å². The minimum atomic E-state index is 0.195. The zero-order valence-corrected chi connectivity index (χ0v) is 14.1. The van der Waals surface area contributed by atoms with E-state index in [4.69, 9.17) is 4.74 Å². The molecule has 120 valence electrons. The fourth-order valence-electron chi connectivity index (χ4n) is 3.13. The molecule has 0 radical (unpaired) electrons. The first-order valence-corrected chi connectivity index (χ1v) is 8.75. The molecule has 0 atom stereocenters. The van der Waals surface area contributed by atoms with E-state index in [9.17, 15) is 0 Å². The summed E-state index contributed by atoms with van der Waals surface area (Å²) < 4.78 is 5.48. The van der Waals surface area contributed by atoms with Gasteiger partial charge in [0.2, 0.25) is 0 Å². The fraction of sp³-hybridized carbons (Fsp3) is 0.625. The number of ether oxygens (including phenoxy) is 1. The van der Waals surface area contributed by atoms with Crippen molar-refractivity contribution in [3.8, 4) is 0 Å². The Kier molecular flexibility index (Phi) is 4.90. The van der Waals surface area contributed by atoms with Crippen molar-refractivity contribution >= 4 is 27.4 Å². The van der Waals surface area contributed by atoms with Crippen molar-refractivity contribution < 1.29 is 4.74 Å². The third-order valence-electron chi connectivity index (χ3n) is 4.47. The lowest BCUT2D eigenvalue weighted by atomic mass is 9.79. The van der Waals surface area contributed by atoms with Crippen LogP contribution in [0.3, 0.4) is 0 Å². The van der Waals surface area contributed by atoms with Crippen LogP contribution < -0.4 is 10.6 Å². The van der Waals surface area contributed by atoms with E-state index in [2.05, 4.69) is 33.6 Å². The van der Waals surface area contributed by atoms with E-state index < -0.39 is 0 Å². The Hall–Kier alpha value is -1.24. The molecule has 6 heteroatoms. The van der Waals surface area contributed by atoms with Crippen LogP contribution in [0.25, 0.3) is 10.2 Å². The monoisotopic (exact) mass is 320 g/mol. The molecule has 1 saturated heterocycles. The van der Waals surface area contributed by atoms with E-state index in [0.717, 1.165) is 61.5 Å². The molecule has 3 rings (SSSR count). The van der Waals surface area contributed by atoms with E-state index in [0.29, 0.717) is 0 Å². The molecule has 0 saturated carbocycles. The van der Waals surface area contributed by atoms with Gasteiger partial charge in [-0.2, -0.15) is 0 Å². The van der Waals surface area contributed by atoms with E-state index in [-0.39, 0.29) is 5.41 Å². The number of hydrogen-bond donors (Lipinski definition) is 2. The molecule has 0 bridgehead atoms. The summed E-state index contributed by atoms with van der Waals surface area (Å²) in [7, 11) is 1.79. The summed E-state index contributed by atoms with van der Waals surface area (Å²) >= 11 is 1.76. The molecular formula is C16H24N4OS. The van der Waals surface area contributed by atoms with Crippen molar-refractivity contribution in [2.24, 2.45) is 5.41 Å². The zero-order valence-electron chi connectivity index (χ0n) is 13.3. The molecule has 0 aliphatic carbocycles. The molecule has 1 aliphatic heterocycles. The fourth-order valence-corrected chi connectivity index (χ4v) is 4.06. The van der Waals surface area contributed by atoms with Crippen molar-refractivity contribution in [1.82, 2.24) is 15.3 Å². The minimum Gasteiger partial charge on any atom is -0.384 e. The normalized spacial score (nSPS) is 17.7. The van der Waals surface area contributed by atoms with Crippen LogP contribution in [-0.2, 0) is 11.2 Å². The summed E-state index contributed by atoms with van der Waals surface area (Å²) in [4.78, 5) is 11.3. The number of anilines is 1. The van der Waals surface area contributed by atoms with Gasteiger partial charge in [0.1, 0.15) is 17.0 Å². The first-order chi connectivity index (χ1) is 10.8. The Morgan fingerprint density at radius 1 is 1.36 bits per heavy atom. The van der Waals surface area contributed by atoms with Gasteiger partial charge < -0.3 is 15.4 Å². The number of nitrogens with zero attached hydrogens (tertiary/aromatic N) is 2. The molecule has 2 aromatic heterocycles. The van der Waals surface area contributed by atoms with Crippen LogP contribution in [0.1, 0.15) is 24.6 Å². The van der Waals surface area contributed by atoms with Gasteiger partial charge >= 0.3 is 0 Å². The standard InChI is InChI=1S/C16H24N4OS/c1-3-12-8-13-14(19-11-20-15(13)22-12)18-9-16(10-21-2)4-6-17-7-5-16/h8,11,17H,3-7,9-10H2,1-2H3,(H,18,19,20). The molecule has 3 heterocycles. The van der Waals surface area contributed by atoms with Crippen molar-refractivity contribution in [3.05, 3.63) is 17.3 Å². The number of piperidine rings is 1. The van der Waals surface area contributed by atoms with Crippen LogP contribution in [-0.4, -0.2) is 43.3 Å². The molecule has 1 fully saturated rings. The van der Waals surface area contributed by atoms with E-state index in [1.165, 1.54) is 4.88 Å². The van der Waals surface area contributed by atoms with Crippen molar-refractivity contribution in [2.45, 2.75) is 26.2 Å². The summed E-state index contributed by atoms with van der Waals surface area (Å²) in [6, 6.07) is 2.22. The van der Waals surface area contributed by atoms with Crippen molar-refractivity contribution in [3.63, 3.8) is 0 Å². The minimum absolute atomic E-state index is 0.195. The van der Waals surface area contributed by atoms with Crippen LogP contribution in [0, 0.1) is 5.41 Å². The molecule has 0 unspecified atom stereocenters. The maximum Gasteiger partial charge on any atom is 0.138 e. The lowest BCUT2D eigenvalue weighted by Crippen LogP contribution is -2.44. The highest BCUT2D eigenvalue weighted by Gasteiger charge is 2.32. The lowest BCUT2D eigenvalue weighted by Gasteiger charge is -2.37. The van der Waals surface area contributed by atoms with Gasteiger partial charge in [0.05, 0.1) is 12.0 Å². The highest BCUT2D eigenvalue weighted by Crippen LogP contribution is 2.32. The maximum atomic E-state index is 5.48. The van der Waals surface area contributed by atoms with Crippen LogP contribution in [0.4, 0.5) is 5.82 Å². The Morgan fingerprint density at radius 2 is 2.18 bits per heavy atom. The number of rotatable bonds is 6. The molecule has 22 heavy (non-hydrogen) atoms. The maximum absolute atomic E-state index is 5.48. The van der Waals surface area contributed by atoms with Gasteiger partial charge in [-0.15, -0.1) is 11.3 Å². The van der Waals surface area contributed by atoms with Gasteiger partial charge in [0.25, 0.3) is 0 Å². The van der Waals surface area contributed by atoms with E-state index >= 15 is 0 Å². The molecular weight excluding hydrogens is 296 g/mol. The molecule has 1 aliphatic rings. The zero-order chi connectivity index (χ0) is 15.4. The third kappa shape index (κ3) is 3.24. The van der Waals surface area contributed by atoms with Gasteiger partial charge in [0, 0.05) is 23.9 Å². The molecule has 0 aromatic carbocycles. The van der Waals surface area contributed by atoms with Gasteiger partial charge in [-0.25, -0.2) is 9.97 Å². The van der Waals surface area contributed by atoms with Gasteiger partial charge in [-0.3, -0.25) is 0 Å². The molecule has 5 nitrogen and oxygen atoms in total. The molecule has 2 aromatic rings.